The van der Waals surface area contributed by atoms with Crippen LogP contribution in [0.2, 0.25) is 5.02 Å². The zero-order valence-corrected chi connectivity index (χ0v) is 12.1. The molecule has 1 atom stereocenters. The van der Waals surface area contributed by atoms with Crippen molar-refractivity contribution in [3.05, 3.63) is 17.0 Å². The van der Waals surface area contributed by atoms with E-state index in [2.05, 4.69) is 15.3 Å². The molecule has 1 aliphatic rings. The fraction of sp³-hybridized carbons (Fsp3) is 0.692. The van der Waals surface area contributed by atoms with Crippen molar-refractivity contribution in [3.8, 4) is 0 Å². The molecule has 0 aliphatic heterocycles. The number of nitrogens with one attached hydrogen (secondary N) is 1. The van der Waals surface area contributed by atoms with Crippen molar-refractivity contribution in [2.24, 2.45) is 5.92 Å². The Morgan fingerprint density at radius 1 is 1.33 bits per heavy atom. The van der Waals surface area contributed by atoms with Crippen LogP contribution in [-0.2, 0) is 0 Å². The molecule has 1 aromatic heterocycles. The van der Waals surface area contributed by atoms with Gasteiger partial charge in [-0.25, -0.2) is 9.97 Å². The molecule has 1 heterocycles. The molecule has 1 saturated carbocycles. The number of alkyl halides is 1. The van der Waals surface area contributed by atoms with Crippen LogP contribution in [0.25, 0.3) is 0 Å². The van der Waals surface area contributed by atoms with Crippen LogP contribution in [0.4, 0.5) is 5.82 Å². The lowest BCUT2D eigenvalue weighted by Crippen LogP contribution is -2.18. The van der Waals surface area contributed by atoms with Crippen LogP contribution in [0.15, 0.2) is 6.33 Å². The van der Waals surface area contributed by atoms with Crippen molar-refractivity contribution in [3.63, 3.8) is 0 Å². The van der Waals surface area contributed by atoms with Gasteiger partial charge in [0, 0.05) is 6.54 Å². The first-order valence-electron chi connectivity index (χ1n) is 6.57. The smallest absolute Gasteiger partial charge is 0.148 e. The zero-order valence-electron chi connectivity index (χ0n) is 10.6. The van der Waals surface area contributed by atoms with Gasteiger partial charge in [0.1, 0.15) is 17.2 Å². The second-order valence-electron chi connectivity index (χ2n) is 4.92. The van der Waals surface area contributed by atoms with E-state index >= 15 is 0 Å². The molecule has 18 heavy (non-hydrogen) atoms. The standard InChI is InChI=1S/C13H19Cl2N3/c1-9(14)12-11(15)13(18-8-17-12)16-7-10-5-3-2-4-6-10/h8-10H,2-7H2,1H3,(H,16,17,18). The highest BCUT2D eigenvalue weighted by Gasteiger charge is 2.16. The molecule has 0 spiro atoms. The topological polar surface area (TPSA) is 37.8 Å². The van der Waals surface area contributed by atoms with Crippen LogP contribution in [0.3, 0.4) is 0 Å². The van der Waals surface area contributed by atoms with Crippen LogP contribution in [0.1, 0.15) is 50.1 Å². The van der Waals surface area contributed by atoms with Gasteiger partial charge in [-0.1, -0.05) is 30.9 Å². The number of rotatable bonds is 4. The van der Waals surface area contributed by atoms with Gasteiger partial charge < -0.3 is 5.32 Å². The van der Waals surface area contributed by atoms with Gasteiger partial charge in [0.25, 0.3) is 0 Å². The van der Waals surface area contributed by atoms with E-state index in [1.807, 2.05) is 6.92 Å². The molecular formula is C13H19Cl2N3. The third kappa shape index (κ3) is 3.48. The molecular weight excluding hydrogens is 269 g/mol. The number of aromatic nitrogens is 2. The quantitative estimate of drug-likeness (QED) is 0.833. The fourth-order valence-corrected chi connectivity index (χ4v) is 2.97. The van der Waals surface area contributed by atoms with E-state index in [4.69, 9.17) is 23.2 Å². The number of halogens is 2. The molecule has 1 unspecified atom stereocenters. The van der Waals surface area contributed by atoms with Crippen LogP contribution in [-0.4, -0.2) is 16.5 Å². The number of nitrogens with zero attached hydrogens (tertiary/aromatic N) is 2. The molecule has 2 rings (SSSR count). The number of hydrogen-bond donors (Lipinski definition) is 1. The molecule has 1 aliphatic carbocycles. The van der Waals surface area contributed by atoms with Gasteiger partial charge in [0.05, 0.1) is 11.1 Å². The molecule has 100 valence electrons. The Hall–Kier alpha value is -0.540. The summed E-state index contributed by atoms with van der Waals surface area (Å²) in [6, 6.07) is 0. The summed E-state index contributed by atoms with van der Waals surface area (Å²) in [6.07, 6.45) is 8.17. The maximum Gasteiger partial charge on any atom is 0.148 e. The number of anilines is 1. The molecule has 0 radical (unpaired) electrons. The van der Waals surface area contributed by atoms with Gasteiger partial charge in [0.15, 0.2) is 0 Å². The van der Waals surface area contributed by atoms with Crippen LogP contribution >= 0.6 is 23.2 Å². The van der Waals surface area contributed by atoms with Gasteiger partial charge in [0.2, 0.25) is 0 Å². The monoisotopic (exact) mass is 287 g/mol. The second kappa shape index (κ2) is 6.58. The van der Waals surface area contributed by atoms with Crippen molar-refractivity contribution in [2.75, 3.05) is 11.9 Å². The molecule has 0 amide bonds. The van der Waals surface area contributed by atoms with Gasteiger partial charge in [-0.15, -0.1) is 11.6 Å². The second-order valence-corrected chi connectivity index (χ2v) is 5.96. The van der Waals surface area contributed by atoms with Gasteiger partial charge in [-0.05, 0) is 25.7 Å². The molecule has 0 saturated heterocycles. The van der Waals surface area contributed by atoms with E-state index in [-0.39, 0.29) is 5.38 Å². The summed E-state index contributed by atoms with van der Waals surface area (Å²) >= 11 is 12.3. The van der Waals surface area contributed by atoms with Crippen LogP contribution in [0.5, 0.6) is 0 Å². The Kier molecular flexibility index (Phi) is 5.07. The molecule has 1 N–H and O–H groups in total. The van der Waals surface area contributed by atoms with Crippen molar-refractivity contribution < 1.29 is 0 Å². The molecule has 3 nitrogen and oxygen atoms in total. The van der Waals surface area contributed by atoms with E-state index in [1.165, 1.54) is 38.4 Å². The van der Waals surface area contributed by atoms with Crippen molar-refractivity contribution in [2.45, 2.75) is 44.4 Å². The summed E-state index contributed by atoms with van der Waals surface area (Å²) in [6.45, 7) is 2.80. The molecule has 0 aromatic carbocycles. The first-order chi connectivity index (χ1) is 8.68. The van der Waals surface area contributed by atoms with E-state index < -0.39 is 0 Å². The Labute approximate surface area is 118 Å². The summed E-state index contributed by atoms with van der Waals surface area (Å²) in [5.41, 5.74) is 0.694. The third-order valence-electron chi connectivity index (χ3n) is 3.48. The zero-order chi connectivity index (χ0) is 13.0. The fourth-order valence-electron chi connectivity index (χ4n) is 2.42. The minimum atomic E-state index is -0.198. The SMILES string of the molecule is CC(Cl)c1ncnc(NCC2CCCCC2)c1Cl. The summed E-state index contributed by atoms with van der Waals surface area (Å²) in [5.74, 6) is 1.45. The predicted octanol–water partition coefficient (Wildman–Crippen LogP) is 4.42. The Bertz CT molecular complexity index is 390. The van der Waals surface area contributed by atoms with Gasteiger partial charge in [-0.2, -0.15) is 0 Å². The lowest BCUT2D eigenvalue weighted by Gasteiger charge is -2.22. The molecule has 1 aromatic rings. The Balaban J connectivity index is 1.98. The average molecular weight is 288 g/mol. The van der Waals surface area contributed by atoms with Crippen LogP contribution < -0.4 is 5.32 Å². The van der Waals surface area contributed by atoms with Crippen molar-refractivity contribution in [1.29, 1.82) is 0 Å². The van der Waals surface area contributed by atoms with E-state index in [0.29, 0.717) is 16.5 Å². The Morgan fingerprint density at radius 2 is 2.06 bits per heavy atom. The maximum absolute atomic E-state index is 6.25. The lowest BCUT2D eigenvalue weighted by atomic mass is 9.89. The van der Waals surface area contributed by atoms with E-state index in [9.17, 15) is 0 Å². The normalized spacial score (nSPS) is 18.6. The first kappa shape index (κ1) is 13.9. The minimum Gasteiger partial charge on any atom is -0.368 e. The Morgan fingerprint density at radius 3 is 2.72 bits per heavy atom. The minimum absolute atomic E-state index is 0.198. The average Bonchev–Trinajstić information content (AvgIpc) is 2.38. The summed E-state index contributed by atoms with van der Waals surface area (Å²) in [4.78, 5) is 8.31. The van der Waals surface area contributed by atoms with Crippen LogP contribution in [0, 0.1) is 5.92 Å². The van der Waals surface area contributed by atoms with Gasteiger partial charge in [-0.3, -0.25) is 0 Å². The number of hydrogen-bond acceptors (Lipinski definition) is 3. The molecule has 1 fully saturated rings. The largest absolute Gasteiger partial charge is 0.368 e. The highest BCUT2D eigenvalue weighted by Crippen LogP contribution is 2.30. The molecule has 0 bridgehead atoms. The highest BCUT2D eigenvalue weighted by atomic mass is 35.5. The summed E-state index contributed by atoms with van der Waals surface area (Å²) in [7, 11) is 0. The van der Waals surface area contributed by atoms with Crippen molar-refractivity contribution >= 4 is 29.0 Å². The highest BCUT2D eigenvalue weighted by molar-refractivity contribution is 6.34. The molecule has 5 heteroatoms. The summed E-state index contributed by atoms with van der Waals surface area (Å²) < 4.78 is 0. The lowest BCUT2D eigenvalue weighted by molar-refractivity contribution is 0.373. The predicted molar refractivity (Wildman–Crippen MR) is 76.4 cm³/mol. The van der Waals surface area contributed by atoms with E-state index in [1.54, 1.807) is 0 Å². The van der Waals surface area contributed by atoms with Crippen molar-refractivity contribution in [1.82, 2.24) is 9.97 Å². The third-order valence-corrected chi connectivity index (χ3v) is 4.06. The van der Waals surface area contributed by atoms with Gasteiger partial charge >= 0.3 is 0 Å². The first-order valence-corrected chi connectivity index (χ1v) is 7.38. The summed E-state index contributed by atoms with van der Waals surface area (Å²) in [5, 5.41) is 3.69. The maximum atomic E-state index is 6.25. The van der Waals surface area contributed by atoms with E-state index in [0.717, 1.165) is 12.5 Å².